The highest BCUT2D eigenvalue weighted by Gasteiger charge is 2.23. The number of halogens is 2. The molecule has 1 aromatic carbocycles. The van der Waals surface area contributed by atoms with Crippen molar-refractivity contribution in [3.63, 3.8) is 0 Å². The van der Waals surface area contributed by atoms with Crippen LogP contribution in [0.4, 0.5) is 0 Å². The molecule has 6 heteroatoms. The Morgan fingerprint density at radius 1 is 1.14 bits per heavy atom. The van der Waals surface area contributed by atoms with Crippen LogP contribution in [0.3, 0.4) is 0 Å². The van der Waals surface area contributed by atoms with Gasteiger partial charge in [-0.1, -0.05) is 23.2 Å². The van der Waals surface area contributed by atoms with E-state index in [4.69, 9.17) is 28.3 Å². The molecule has 14 heavy (non-hydrogen) atoms. The number of rotatable bonds is 1. The van der Waals surface area contributed by atoms with E-state index in [9.17, 15) is 15.0 Å². The summed E-state index contributed by atoms with van der Waals surface area (Å²) in [4.78, 5) is 10.6. The van der Waals surface area contributed by atoms with E-state index in [1.165, 1.54) is 6.92 Å². The normalized spacial score (nSPS) is 10.2. The summed E-state index contributed by atoms with van der Waals surface area (Å²) in [6.45, 7) is 1.45. The number of hydrogen-bond acceptors (Lipinski definition) is 3. The molecule has 1 aromatic rings. The molecule has 76 valence electrons. The van der Waals surface area contributed by atoms with Gasteiger partial charge in [-0.25, -0.2) is 4.79 Å². The highest BCUT2D eigenvalue weighted by molar-refractivity contribution is 6.38. The summed E-state index contributed by atoms with van der Waals surface area (Å²) in [5.41, 5.74) is -0.459. The lowest BCUT2D eigenvalue weighted by molar-refractivity contribution is 0.0690. The van der Waals surface area contributed by atoms with Gasteiger partial charge in [0.2, 0.25) is 0 Å². The fraction of sp³-hybridized carbons (Fsp3) is 0.125. The molecule has 0 aliphatic heterocycles. The lowest BCUT2D eigenvalue weighted by Gasteiger charge is -2.09. The van der Waals surface area contributed by atoms with E-state index in [-0.39, 0.29) is 15.6 Å². The van der Waals surface area contributed by atoms with Gasteiger partial charge in [0.05, 0.1) is 10.0 Å². The number of hydrogen-bond donors (Lipinski definition) is 3. The van der Waals surface area contributed by atoms with Gasteiger partial charge >= 0.3 is 5.97 Å². The highest BCUT2D eigenvalue weighted by atomic mass is 35.5. The van der Waals surface area contributed by atoms with E-state index in [2.05, 4.69) is 0 Å². The summed E-state index contributed by atoms with van der Waals surface area (Å²) in [5, 5.41) is 26.9. The quantitative estimate of drug-likeness (QED) is 0.700. The third kappa shape index (κ3) is 1.47. The molecule has 0 atom stereocenters. The zero-order chi connectivity index (χ0) is 11.0. The van der Waals surface area contributed by atoms with Crippen molar-refractivity contribution in [3.8, 4) is 11.5 Å². The second kappa shape index (κ2) is 3.55. The lowest BCUT2D eigenvalue weighted by Crippen LogP contribution is -1.99. The number of aromatic carboxylic acids is 1. The van der Waals surface area contributed by atoms with Crippen LogP contribution in [0.2, 0.25) is 10.0 Å². The van der Waals surface area contributed by atoms with Crippen molar-refractivity contribution >= 4 is 29.2 Å². The van der Waals surface area contributed by atoms with Gasteiger partial charge in [-0.05, 0) is 12.5 Å². The number of carbonyl (C=O) groups is 1. The van der Waals surface area contributed by atoms with Crippen molar-refractivity contribution in [2.75, 3.05) is 0 Å². The van der Waals surface area contributed by atoms with Crippen molar-refractivity contribution < 1.29 is 20.1 Å². The Morgan fingerprint density at radius 3 is 1.79 bits per heavy atom. The van der Waals surface area contributed by atoms with Gasteiger partial charge in [0.1, 0.15) is 5.56 Å². The minimum atomic E-state index is -1.50. The number of phenols is 2. The SMILES string of the molecule is Cc1c(Cl)c(O)c(C(=O)O)c(O)c1Cl. The third-order valence-electron chi connectivity index (χ3n) is 1.76. The third-order valence-corrected chi connectivity index (χ3v) is 2.69. The lowest BCUT2D eigenvalue weighted by atomic mass is 10.1. The largest absolute Gasteiger partial charge is 0.505 e. The molecule has 0 aliphatic carbocycles. The summed E-state index contributed by atoms with van der Waals surface area (Å²) in [6, 6.07) is 0. The van der Waals surface area contributed by atoms with Gasteiger partial charge in [-0.2, -0.15) is 0 Å². The first-order valence-corrected chi connectivity index (χ1v) is 4.26. The van der Waals surface area contributed by atoms with Crippen molar-refractivity contribution in [1.82, 2.24) is 0 Å². The zero-order valence-corrected chi connectivity index (χ0v) is 8.52. The van der Waals surface area contributed by atoms with Crippen LogP contribution in [0.25, 0.3) is 0 Å². The zero-order valence-electron chi connectivity index (χ0n) is 7.01. The van der Waals surface area contributed by atoms with Crippen molar-refractivity contribution in [1.29, 1.82) is 0 Å². The number of carboxylic acids is 1. The highest BCUT2D eigenvalue weighted by Crippen LogP contribution is 2.42. The minimum Gasteiger partial charge on any atom is -0.505 e. The molecule has 0 fully saturated rings. The van der Waals surface area contributed by atoms with E-state index in [0.29, 0.717) is 0 Å². The molecular weight excluding hydrogens is 231 g/mol. The van der Waals surface area contributed by atoms with Crippen LogP contribution < -0.4 is 0 Å². The molecule has 0 heterocycles. The Morgan fingerprint density at radius 2 is 1.50 bits per heavy atom. The summed E-state index contributed by atoms with van der Waals surface area (Å²) >= 11 is 11.2. The molecule has 0 aromatic heterocycles. The van der Waals surface area contributed by atoms with Crippen LogP contribution in [0.15, 0.2) is 0 Å². The number of aromatic hydroxyl groups is 2. The molecular formula is C8H6Cl2O4. The average Bonchev–Trinajstić information content (AvgIpc) is 2.11. The van der Waals surface area contributed by atoms with Crippen LogP contribution in [0, 0.1) is 6.92 Å². The molecule has 0 saturated carbocycles. The van der Waals surface area contributed by atoms with E-state index < -0.39 is 23.0 Å². The molecule has 0 saturated heterocycles. The van der Waals surface area contributed by atoms with Crippen molar-refractivity contribution in [2.24, 2.45) is 0 Å². The molecule has 0 amide bonds. The minimum absolute atomic E-state index is 0.176. The maximum atomic E-state index is 10.6. The standard InChI is InChI=1S/C8H6Cl2O4/c1-2-4(9)6(11)3(8(13)14)7(12)5(2)10/h11-12H,1H3,(H,13,14). The maximum absolute atomic E-state index is 10.6. The van der Waals surface area contributed by atoms with Gasteiger partial charge in [-0.3, -0.25) is 0 Å². The van der Waals surface area contributed by atoms with E-state index >= 15 is 0 Å². The first-order chi connectivity index (χ1) is 6.37. The Hall–Kier alpha value is -1.13. The number of carboxylic acid groups (broad SMARTS) is 1. The molecule has 0 unspecified atom stereocenters. The Labute approximate surface area is 89.3 Å². The van der Waals surface area contributed by atoms with Crippen LogP contribution in [0.5, 0.6) is 11.5 Å². The average molecular weight is 237 g/mol. The molecule has 1 rings (SSSR count). The van der Waals surface area contributed by atoms with Crippen LogP contribution in [-0.4, -0.2) is 21.3 Å². The molecule has 0 spiro atoms. The van der Waals surface area contributed by atoms with Crippen LogP contribution in [-0.2, 0) is 0 Å². The van der Waals surface area contributed by atoms with E-state index in [1.807, 2.05) is 0 Å². The summed E-state index contributed by atoms with van der Waals surface area (Å²) < 4.78 is 0. The molecule has 3 N–H and O–H groups in total. The van der Waals surface area contributed by atoms with Crippen molar-refractivity contribution in [2.45, 2.75) is 6.92 Å². The molecule has 0 radical (unpaired) electrons. The fourth-order valence-corrected chi connectivity index (χ4v) is 1.41. The Kier molecular flexibility index (Phi) is 2.78. The molecule has 4 nitrogen and oxygen atoms in total. The summed E-state index contributed by atoms with van der Waals surface area (Å²) in [6.07, 6.45) is 0. The van der Waals surface area contributed by atoms with Gasteiger partial charge in [-0.15, -0.1) is 0 Å². The molecule has 0 aliphatic rings. The topological polar surface area (TPSA) is 77.8 Å². The van der Waals surface area contributed by atoms with Crippen molar-refractivity contribution in [3.05, 3.63) is 21.2 Å². The van der Waals surface area contributed by atoms with Gasteiger partial charge < -0.3 is 15.3 Å². The van der Waals surface area contributed by atoms with E-state index in [0.717, 1.165) is 0 Å². The maximum Gasteiger partial charge on any atom is 0.343 e. The summed E-state index contributed by atoms with van der Waals surface area (Å²) in [7, 11) is 0. The van der Waals surface area contributed by atoms with Gasteiger partial charge in [0.15, 0.2) is 11.5 Å². The van der Waals surface area contributed by atoms with E-state index in [1.54, 1.807) is 0 Å². The second-order valence-electron chi connectivity index (χ2n) is 2.63. The predicted molar refractivity (Wildman–Crippen MR) is 51.5 cm³/mol. The monoisotopic (exact) mass is 236 g/mol. The predicted octanol–water partition coefficient (Wildman–Crippen LogP) is 2.41. The van der Waals surface area contributed by atoms with Gasteiger partial charge in [0.25, 0.3) is 0 Å². The Balaban J connectivity index is 3.68. The van der Waals surface area contributed by atoms with Crippen LogP contribution in [0.1, 0.15) is 15.9 Å². The first-order valence-electron chi connectivity index (χ1n) is 3.50. The first kappa shape index (κ1) is 10.9. The van der Waals surface area contributed by atoms with Crippen LogP contribution >= 0.6 is 23.2 Å². The fourth-order valence-electron chi connectivity index (χ4n) is 0.986. The second-order valence-corrected chi connectivity index (χ2v) is 3.39. The molecule has 0 bridgehead atoms. The number of benzene rings is 1. The van der Waals surface area contributed by atoms with Gasteiger partial charge in [0, 0.05) is 0 Å². The smallest absolute Gasteiger partial charge is 0.343 e. The summed E-state index contributed by atoms with van der Waals surface area (Å²) in [5.74, 6) is -2.86. The Bertz CT molecular complexity index is 385.